The first-order valence-electron chi connectivity index (χ1n) is 6.02. The fraction of sp³-hybridized carbons (Fsp3) is 0.125. The zero-order chi connectivity index (χ0) is 14.5. The second-order valence-electron chi connectivity index (χ2n) is 4.37. The van der Waals surface area contributed by atoms with Crippen molar-refractivity contribution in [2.24, 2.45) is 0 Å². The highest BCUT2D eigenvalue weighted by atomic mass is 19.1. The van der Waals surface area contributed by atoms with E-state index in [1.165, 1.54) is 12.1 Å². The first-order valence-corrected chi connectivity index (χ1v) is 6.02. The van der Waals surface area contributed by atoms with Gasteiger partial charge in [-0.3, -0.25) is 0 Å². The number of nitriles is 1. The Bertz CT molecular complexity index is 672. The lowest BCUT2D eigenvalue weighted by Gasteiger charge is -2.06. The van der Waals surface area contributed by atoms with E-state index in [4.69, 9.17) is 10.00 Å². The summed E-state index contributed by atoms with van der Waals surface area (Å²) in [6.07, 6.45) is 0. The number of carbonyl (C=O) groups is 1. The molecule has 0 unspecified atom stereocenters. The predicted molar refractivity (Wildman–Crippen MR) is 71.4 cm³/mol. The van der Waals surface area contributed by atoms with Gasteiger partial charge in [0.25, 0.3) is 0 Å². The molecule has 2 aromatic rings. The van der Waals surface area contributed by atoms with Gasteiger partial charge in [-0.2, -0.15) is 5.26 Å². The summed E-state index contributed by atoms with van der Waals surface area (Å²) in [5, 5.41) is 8.63. The molecule has 0 aliphatic carbocycles. The molecule has 0 fully saturated rings. The molecule has 0 radical (unpaired) electrons. The molecular weight excluding hydrogens is 257 g/mol. The Morgan fingerprint density at radius 3 is 2.55 bits per heavy atom. The minimum atomic E-state index is -0.752. The quantitative estimate of drug-likeness (QED) is 0.803. The van der Waals surface area contributed by atoms with Gasteiger partial charge in [0.05, 0.1) is 17.2 Å². The zero-order valence-electron chi connectivity index (χ0n) is 10.9. The second kappa shape index (κ2) is 5.98. The number of aryl methyl sites for hydroxylation is 1. The smallest absolute Gasteiger partial charge is 0.341 e. The zero-order valence-corrected chi connectivity index (χ0v) is 10.9. The van der Waals surface area contributed by atoms with Gasteiger partial charge >= 0.3 is 5.97 Å². The van der Waals surface area contributed by atoms with Crippen LogP contribution in [0.4, 0.5) is 4.39 Å². The number of benzene rings is 2. The van der Waals surface area contributed by atoms with Crippen LogP contribution >= 0.6 is 0 Å². The number of esters is 1. The second-order valence-corrected chi connectivity index (χ2v) is 4.37. The third-order valence-corrected chi connectivity index (χ3v) is 2.81. The maximum Gasteiger partial charge on any atom is 0.341 e. The van der Waals surface area contributed by atoms with Crippen LogP contribution in [0.25, 0.3) is 0 Å². The molecule has 0 N–H and O–H groups in total. The van der Waals surface area contributed by atoms with Crippen LogP contribution in [0.15, 0.2) is 42.5 Å². The fourth-order valence-electron chi connectivity index (χ4n) is 1.66. The van der Waals surface area contributed by atoms with E-state index in [9.17, 15) is 9.18 Å². The molecule has 0 heterocycles. The predicted octanol–water partition coefficient (Wildman–Crippen LogP) is 3.36. The highest BCUT2D eigenvalue weighted by molar-refractivity contribution is 5.89. The van der Waals surface area contributed by atoms with Gasteiger partial charge < -0.3 is 4.74 Å². The third kappa shape index (κ3) is 3.21. The van der Waals surface area contributed by atoms with Crippen LogP contribution in [0, 0.1) is 24.1 Å². The molecule has 0 aliphatic heterocycles. The molecule has 0 bridgehead atoms. The first kappa shape index (κ1) is 13.8. The molecule has 0 saturated carbocycles. The average molecular weight is 269 g/mol. The van der Waals surface area contributed by atoms with Gasteiger partial charge in [0.1, 0.15) is 12.4 Å². The fourth-order valence-corrected chi connectivity index (χ4v) is 1.66. The molecule has 4 heteroatoms. The van der Waals surface area contributed by atoms with Crippen molar-refractivity contribution in [2.75, 3.05) is 0 Å². The van der Waals surface area contributed by atoms with Crippen molar-refractivity contribution in [2.45, 2.75) is 13.5 Å². The highest BCUT2D eigenvalue weighted by Crippen LogP contribution is 2.13. The van der Waals surface area contributed by atoms with Crippen LogP contribution in [-0.2, 0) is 11.3 Å². The van der Waals surface area contributed by atoms with Crippen LogP contribution in [0.3, 0.4) is 0 Å². The van der Waals surface area contributed by atoms with Crippen LogP contribution in [0.1, 0.15) is 27.0 Å². The Morgan fingerprint density at radius 1 is 1.25 bits per heavy atom. The van der Waals surface area contributed by atoms with E-state index in [0.717, 1.165) is 17.2 Å². The largest absolute Gasteiger partial charge is 0.457 e. The van der Waals surface area contributed by atoms with E-state index in [1.807, 2.05) is 31.2 Å². The number of ether oxygens (including phenoxy) is 1. The normalized spacial score (nSPS) is 9.85. The van der Waals surface area contributed by atoms with Crippen molar-refractivity contribution in [1.29, 1.82) is 5.26 Å². The summed E-state index contributed by atoms with van der Waals surface area (Å²) in [5.74, 6) is -1.49. The van der Waals surface area contributed by atoms with Crippen LogP contribution in [0.5, 0.6) is 0 Å². The maximum absolute atomic E-state index is 13.6. The van der Waals surface area contributed by atoms with Gasteiger partial charge in [-0.05, 0) is 30.7 Å². The molecule has 0 atom stereocenters. The maximum atomic E-state index is 13.6. The van der Waals surface area contributed by atoms with Gasteiger partial charge in [0, 0.05) is 0 Å². The summed E-state index contributed by atoms with van der Waals surface area (Å²) in [6, 6.07) is 13.0. The van der Waals surface area contributed by atoms with Crippen molar-refractivity contribution >= 4 is 5.97 Å². The van der Waals surface area contributed by atoms with Gasteiger partial charge in [0.2, 0.25) is 0 Å². The number of nitrogens with zero attached hydrogens (tertiary/aromatic N) is 1. The van der Waals surface area contributed by atoms with E-state index in [1.54, 1.807) is 6.07 Å². The van der Waals surface area contributed by atoms with Crippen molar-refractivity contribution in [3.63, 3.8) is 0 Å². The van der Waals surface area contributed by atoms with Crippen LogP contribution in [0.2, 0.25) is 0 Å². The molecule has 0 saturated heterocycles. The molecule has 2 rings (SSSR count). The molecule has 100 valence electrons. The summed E-state index contributed by atoms with van der Waals surface area (Å²) in [7, 11) is 0. The molecule has 2 aromatic carbocycles. The minimum Gasteiger partial charge on any atom is -0.457 e. The standard InChI is InChI=1S/C16H12FNO2/c1-11-2-4-12(5-3-11)10-20-16(19)14-7-6-13(9-18)8-15(14)17/h2-8H,10H2,1H3. The Hall–Kier alpha value is -2.67. The number of halogens is 1. The lowest BCUT2D eigenvalue weighted by atomic mass is 10.1. The lowest BCUT2D eigenvalue weighted by Crippen LogP contribution is -2.07. The van der Waals surface area contributed by atoms with E-state index >= 15 is 0 Å². The number of hydrogen-bond acceptors (Lipinski definition) is 3. The van der Waals surface area contributed by atoms with Gasteiger partial charge in [0.15, 0.2) is 0 Å². The van der Waals surface area contributed by atoms with Crippen molar-refractivity contribution in [3.05, 3.63) is 70.5 Å². The summed E-state index contributed by atoms with van der Waals surface area (Å²) in [6.45, 7) is 2.04. The van der Waals surface area contributed by atoms with E-state index in [0.29, 0.717) is 0 Å². The summed E-state index contributed by atoms with van der Waals surface area (Å²) >= 11 is 0. The van der Waals surface area contributed by atoms with Crippen molar-refractivity contribution < 1.29 is 13.9 Å². The van der Waals surface area contributed by atoms with Gasteiger partial charge in [-0.25, -0.2) is 9.18 Å². The van der Waals surface area contributed by atoms with E-state index in [2.05, 4.69) is 0 Å². The lowest BCUT2D eigenvalue weighted by molar-refractivity contribution is 0.0467. The molecule has 0 spiro atoms. The Morgan fingerprint density at radius 2 is 1.95 bits per heavy atom. The molecule has 0 aliphatic rings. The average Bonchev–Trinajstić information content (AvgIpc) is 2.46. The molecular formula is C16H12FNO2. The summed E-state index contributed by atoms with van der Waals surface area (Å²) in [5.41, 5.74) is 1.94. The van der Waals surface area contributed by atoms with Crippen molar-refractivity contribution in [3.8, 4) is 6.07 Å². The monoisotopic (exact) mass is 269 g/mol. The topological polar surface area (TPSA) is 50.1 Å². The number of hydrogen-bond donors (Lipinski definition) is 0. The number of carbonyl (C=O) groups excluding carboxylic acids is 1. The van der Waals surface area contributed by atoms with Crippen LogP contribution in [-0.4, -0.2) is 5.97 Å². The molecule has 20 heavy (non-hydrogen) atoms. The minimum absolute atomic E-state index is 0.0819. The Kier molecular flexibility index (Phi) is 4.11. The Labute approximate surface area is 116 Å². The molecule has 0 aromatic heterocycles. The Balaban J connectivity index is 2.05. The van der Waals surface area contributed by atoms with E-state index < -0.39 is 11.8 Å². The molecule has 0 amide bonds. The summed E-state index contributed by atoms with van der Waals surface area (Å²) < 4.78 is 18.7. The first-order chi connectivity index (χ1) is 9.60. The number of rotatable bonds is 3. The summed E-state index contributed by atoms with van der Waals surface area (Å²) in [4.78, 5) is 11.8. The van der Waals surface area contributed by atoms with E-state index in [-0.39, 0.29) is 17.7 Å². The van der Waals surface area contributed by atoms with Crippen LogP contribution < -0.4 is 0 Å². The van der Waals surface area contributed by atoms with Gasteiger partial charge in [-0.15, -0.1) is 0 Å². The van der Waals surface area contributed by atoms with Crippen molar-refractivity contribution in [1.82, 2.24) is 0 Å². The van der Waals surface area contributed by atoms with Gasteiger partial charge in [-0.1, -0.05) is 29.8 Å². The third-order valence-electron chi connectivity index (χ3n) is 2.81. The highest BCUT2D eigenvalue weighted by Gasteiger charge is 2.13. The molecule has 3 nitrogen and oxygen atoms in total. The SMILES string of the molecule is Cc1ccc(COC(=O)c2ccc(C#N)cc2F)cc1.